The van der Waals surface area contributed by atoms with Gasteiger partial charge in [-0.2, -0.15) is 0 Å². The first-order valence-electron chi connectivity index (χ1n) is 8.78. The number of aryl methyl sites for hydroxylation is 1. The third-order valence-electron chi connectivity index (χ3n) is 4.43. The Balaban J connectivity index is 1.87. The van der Waals surface area contributed by atoms with E-state index in [0.29, 0.717) is 11.3 Å². The molecule has 0 spiro atoms. The molecule has 0 radical (unpaired) electrons. The fraction of sp³-hybridized carbons (Fsp3) is 0.143. The fourth-order valence-corrected chi connectivity index (χ4v) is 2.85. The summed E-state index contributed by atoms with van der Waals surface area (Å²) in [5.41, 5.74) is 1.12. The molecule has 29 heavy (non-hydrogen) atoms. The first-order valence-corrected chi connectivity index (χ1v) is 8.78. The van der Waals surface area contributed by atoms with E-state index < -0.39 is 16.4 Å². The summed E-state index contributed by atoms with van der Waals surface area (Å²) in [6.45, 7) is 1.98. The second-order valence-corrected chi connectivity index (χ2v) is 6.42. The molecule has 1 heterocycles. The van der Waals surface area contributed by atoms with Gasteiger partial charge in [-0.1, -0.05) is 18.2 Å². The lowest BCUT2D eigenvalue weighted by Crippen LogP contribution is -2.29. The van der Waals surface area contributed by atoms with Crippen LogP contribution in [-0.4, -0.2) is 22.5 Å². The highest BCUT2D eigenvalue weighted by Gasteiger charge is 2.16. The number of carbonyl (C=O) groups is 1. The largest absolute Gasteiger partial charge is 0.497 e. The highest BCUT2D eigenvalue weighted by molar-refractivity contribution is 6.04. The molecule has 0 aliphatic carbocycles. The number of aromatic nitrogens is 1. The Morgan fingerprint density at radius 1 is 1.17 bits per heavy atom. The first-order chi connectivity index (χ1) is 13.9. The molecule has 3 aromatic rings. The number of carbonyl (C=O) groups excluding carboxylic acids is 1. The van der Waals surface area contributed by atoms with Gasteiger partial charge in [-0.25, -0.2) is 0 Å². The van der Waals surface area contributed by atoms with E-state index in [0.717, 1.165) is 5.56 Å². The van der Waals surface area contributed by atoms with Crippen LogP contribution in [-0.2, 0) is 6.54 Å². The Morgan fingerprint density at radius 3 is 2.69 bits per heavy atom. The van der Waals surface area contributed by atoms with E-state index >= 15 is 0 Å². The quantitative estimate of drug-likeness (QED) is 0.511. The van der Waals surface area contributed by atoms with Crippen molar-refractivity contribution in [2.45, 2.75) is 13.5 Å². The molecule has 0 bridgehead atoms. The Kier molecular flexibility index (Phi) is 5.73. The van der Waals surface area contributed by atoms with Crippen LogP contribution in [0.1, 0.15) is 21.5 Å². The second-order valence-electron chi connectivity index (χ2n) is 6.42. The van der Waals surface area contributed by atoms with Crippen molar-refractivity contribution in [1.82, 2.24) is 4.57 Å². The van der Waals surface area contributed by atoms with Gasteiger partial charge in [0.2, 0.25) is 0 Å². The van der Waals surface area contributed by atoms with Gasteiger partial charge in [0, 0.05) is 18.3 Å². The average Bonchev–Trinajstić information content (AvgIpc) is 2.71. The monoisotopic (exact) mass is 393 g/mol. The molecule has 2 aromatic carbocycles. The lowest BCUT2D eigenvalue weighted by Gasteiger charge is -2.11. The van der Waals surface area contributed by atoms with Gasteiger partial charge in [-0.3, -0.25) is 19.7 Å². The van der Waals surface area contributed by atoms with Gasteiger partial charge < -0.3 is 14.6 Å². The maximum Gasteiger partial charge on any atom is 0.271 e. The molecule has 1 amide bonds. The number of nitro groups is 1. The average molecular weight is 393 g/mol. The van der Waals surface area contributed by atoms with Crippen LogP contribution < -0.4 is 15.6 Å². The summed E-state index contributed by atoms with van der Waals surface area (Å²) in [4.78, 5) is 35.9. The molecule has 1 N–H and O–H groups in total. The molecular weight excluding hydrogens is 374 g/mol. The van der Waals surface area contributed by atoms with Crippen molar-refractivity contribution in [2.75, 3.05) is 12.4 Å². The highest BCUT2D eigenvalue weighted by Crippen LogP contribution is 2.22. The highest BCUT2D eigenvalue weighted by atomic mass is 16.6. The zero-order valence-electron chi connectivity index (χ0n) is 15.9. The number of methoxy groups -OCH3 is 1. The molecule has 1 aromatic heterocycles. The third-order valence-corrected chi connectivity index (χ3v) is 4.43. The number of nitrogens with zero attached hydrogens (tertiary/aromatic N) is 2. The van der Waals surface area contributed by atoms with Crippen LogP contribution in [0.3, 0.4) is 0 Å². The summed E-state index contributed by atoms with van der Waals surface area (Å²) in [7, 11) is 1.56. The van der Waals surface area contributed by atoms with Crippen LogP contribution in [0, 0.1) is 17.0 Å². The van der Waals surface area contributed by atoms with Gasteiger partial charge in [0.15, 0.2) is 0 Å². The topological polar surface area (TPSA) is 103 Å². The molecule has 0 atom stereocenters. The van der Waals surface area contributed by atoms with Crippen molar-refractivity contribution in [3.63, 3.8) is 0 Å². The Labute approximate surface area is 166 Å². The summed E-state index contributed by atoms with van der Waals surface area (Å²) in [5, 5.41) is 13.6. The molecule has 0 fully saturated rings. The molecule has 0 saturated heterocycles. The Bertz CT molecular complexity index is 1140. The number of nitrogens with one attached hydrogen (secondary N) is 1. The number of benzene rings is 2. The molecule has 8 heteroatoms. The molecule has 0 saturated carbocycles. The second kappa shape index (κ2) is 8.39. The van der Waals surface area contributed by atoms with Crippen LogP contribution in [0.25, 0.3) is 0 Å². The Hall–Kier alpha value is -3.94. The number of hydrogen-bond acceptors (Lipinski definition) is 5. The first kappa shape index (κ1) is 19.8. The minimum Gasteiger partial charge on any atom is -0.497 e. The van der Waals surface area contributed by atoms with Crippen LogP contribution in [0.2, 0.25) is 0 Å². The van der Waals surface area contributed by atoms with E-state index in [-0.39, 0.29) is 23.5 Å². The van der Waals surface area contributed by atoms with Crippen LogP contribution in [0.15, 0.2) is 65.6 Å². The van der Waals surface area contributed by atoms with Gasteiger partial charge in [0.1, 0.15) is 11.3 Å². The summed E-state index contributed by atoms with van der Waals surface area (Å²) in [5.74, 6) is 0.0455. The predicted octanol–water partition coefficient (Wildman–Crippen LogP) is 3.37. The minimum atomic E-state index is -0.626. The van der Waals surface area contributed by atoms with E-state index in [1.165, 1.54) is 22.8 Å². The Morgan fingerprint density at radius 2 is 1.97 bits per heavy atom. The lowest BCUT2D eigenvalue weighted by atomic mass is 10.1. The summed E-state index contributed by atoms with van der Waals surface area (Å²) >= 11 is 0. The van der Waals surface area contributed by atoms with Crippen molar-refractivity contribution in [3.8, 4) is 5.75 Å². The zero-order chi connectivity index (χ0) is 21.0. The smallest absolute Gasteiger partial charge is 0.271 e. The SMILES string of the molecule is COc1cccc(Cn2cccc(C(=O)Nc3cc([N+](=O)[O-])ccc3C)c2=O)c1. The van der Waals surface area contributed by atoms with Gasteiger partial charge >= 0.3 is 0 Å². The number of nitro benzene ring substituents is 1. The summed E-state index contributed by atoms with van der Waals surface area (Å²) < 4.78 is 6.61. The van der Waals surface area contributed by atoms with E-state index in [1.54, 1.807) is 38.4 Å². The lowest BCUT2D eigenvalue weighted by molar-refractivity contribution is -0.384. The number of ether oxygens (including phenoxy) is 1. The van der Waals surface area contributed by atoms with Crippen LogP contribution in [0.5, 0.6) is 5.75 Å². The summed E-state index contributed by atoms with van der Waals surface area (Å²) in [6.07, 6.45) is 1.59. The molecule has 148 valence electrons. The molecule has 3 rings (SSSR count). The maximum atomic E-state index is 12.8. The maximum absolute atomic E-state index is 12.8. The van der Waals surface area contributed by atoms with Crippen molar-refractivity contribution in [1.29, 1.82) is 0 Å². The molecule has 0 aliphatic rings. The number of rotatable bonds is 6. The van der Waals surface area contributed by atoms with E-state index in [1.807, 2.05) is 18.2 Å². The van der Waals surface area contributed by atoms with Gasteiger partial charge in [-0.05, 0) is 42.3 Å². The van der Waals surface area contributed by atoms with Gasteiger partial charge in [0.25, 0.3) is 17.2 Å². The van der Waals surface area contributed by atoms with Gasteiger partial charge in [-0.15, -0.1) is 0 Å². The number of amides is 1. The number of non-ortho nitro benzene ring substituents is 1. The van der Waals surface area contributed by atoms with Crippen molar-refractivity contribution < 1.29 is 14.5 Å². The number of hydrogen-bond donors (Lipinski definition) is 1. The van der Waals surface area contributed by atoms with Gasteiger partial charge in [0.05, 0.1) is 24.3 Å². The standard InChI is InChI=1S/C21H19N3O5/c1-14-8-9-16(24(27)28)12-19(14)22-20(25)18-7-4-10-23(21(18)26)13-15-5-3-6-17(11-15)29-2/h3-12H,13H2,1-2H3,(H,22,25). The van der Waals surface area contributed by atoms with E-state index in [4.69, 9.17) is 4.74 Å². The van der Waals surface area contributed by atoms with E-state index in [9.17, 15) is 19.7 Å². The molecule has 0 unspecified atom stereocenters. The van der Waals surface area contributed by atoms with Crippen molar-refractivity contribution in [2.24, 2.45) is 0 Å². The number of pyridine rings is 1. The normalized spacial score (nSPS) is 10.4. The molecular formula is C21H19N3O5. The predicted molar refractivity (Wildman–Crippen MR) is 109 cm³/mol. The fourth-order valence-electron chi connectivity index (χ4n) is 2.85. The molecule has 0 aliphatic heterocycles. The van der Waals surface area contributed by atoms with Crippen molar-refractivity contribution in [3.05, 3.63) is 98.0 Å². The van der Waals surface area contributed by atoms with Crippen molar-refractivity contribution >= 4 is 17.3 Å². The zero-order valence-corrected chi connectivity index (χ0v) is 15.9. The third kappa shape index (κ3) is 4.49. The molecule has 8 nitrogen and oxygen atoms in total. The van der Waals surface area contributed by atoms with Crippen LogP contribution >= 0.6 is 0 Å². The minimum absolute atomic E-state index is 0.0543. The van der Waals surface area contributed by atoms with Crippen LogP contribution in [0.4, 0.5) is 11.4 Å². The van der Waals surface area contributed by atoms with E-state index in [2.05, 4.69) is 5.32 Å². The summed E-state index contributed by atoms with van der Waals surface area (Å²) in [6, 6.07) is 14.5. The number of anilines is 1.